The molecule has 0 fully saturated rings. The lowest BCUT2D eigenvalue weighted by Crippen LogP contribution is -2.10. The van der Waals surface area contributed by atoms with E-state index in [9.17, 15) is 4.79 Å². The number of alkyl halides is 1. The molecule has 17 heavy (non-hydrogen) atoms. The van der Waals surface area contributed by atoms with Crippen LogP contribution in [0.2, 0.25) is 0 Å². The first-order chi connectivity index (χ1) is 8.22. The van der Waals surface area contributed by atoms with Crippen LogP contribution in [0.3, 0.4) is 0 Å². The number of rotatable bonds is 6. The molecule has 0 saturated heterocycles. The molecule has 0 aromatic heterocycles. The molecule has 4 heteroatoms. The van der Waals surface area contributed by atoms with Gasteiger partial charge < -0.3 is 9.47 Å². The van der Waals surface area contributed by atoms with E-state index in [4.69, 9.17) is 9.47 Å². The standard InChI is InChI=1S/C13H15BrO3/c1-11(10-14)9-13(15)17-8-7-16-12-5-3-2-4-6-12/h2-6,9H,7-8,10H2,1H3. The zero-order valence-corrected chi connectivity index (χ0v) is 11.3. The Bertz CT molecular complexity index is 374. The summed E-state index contributed by atoms with van der Waals surface area (Å²) < 4.78 is 10.4. The first kappa shape index (κ1) is 13.8. The largest absolute Gasteiger partial charge is 0.490 e. The average Bonchev–Trinajstić information content (AvgIpc) is 2.36. The predicted octanol–water partition coefficient (Wildman–Crippen LogP) is 2.95. The highest BCUT2D eigenvalue weighted by atomic mass is 79.9. The van der Waals surface area contributed by atoms with Gasteiger partial charge in [-0.1, -0.05) is 39.7 Å². The Labute approximate surface area is 110 Å². The van der Waals surface area contributed by atoms with Gasteiger partial charge in [0.2, 0.25) is 0 Å². The van der Waals surface area contributed by atoms with Gasteiger partial charge in [-0.15, -0.1) is 0 Å². The molecule has 0 saturated carbocycles. The molecule has 0 aliphatic carbocycles. The third-order valence-corrected chi connectivity index (χ3v) is 2.80. The van der Waals surface area contributed by atoms with E-state index in [-0.39, 0.29) is 12.6 Å². The molecular formula is C13H15BrO3. The van der Waals surface area contributed by atoms with Crippen LogP contribution in [0.5, 0.6) is 5.75 Å². The van der Waals surface area contributed by atoms with E-state index in [1.807, 2.05) is 37.3 Å². The second-order valence-electron chi connectivity index (χ2n) is 3.45. The Kier molecular flexibility index (Phi) is 6.40. The van der Waals surface area contributed by atoms with Crippen LogP contribution < -0.4 is 4.74 Å². The molecule has 0 bridgehead atoms. The lowest BCUT2D eigenvalue weighted by molar-refractivity contribution is -0.138. The van der Waals surface area contributed by atoms with Gasteiger partial charge in [0.15, 0.2) is 0 Å². The number of ether oxygens (including phenoxy) is 2. The lowest BCUT2D eigenvalue weighted by atomic mass is 10.3. The molecule has 0 heterocycles. The number of halogens is 1. The van der Waals surface area contributed by atoms with Crippen molar-refractivity contribution in [1.29, 1.82) is 0 Å². The maximum Gasteiger partial charge on any atom is 0.330 e. The van der Waals surface area contributed by atoms with Crippen molar-refractivity contribution in [2.45, 2.75) is 6.92 Å². The van der Waals surface area contributed by atoms with E-state index in [1.54, 1.807) is 0 Å². The van der Waals surface area contributed by atoms with Crippen LogP contribution in [0.15, 0.2) is 42.0 Å². The molecule has 0 aliphatic heterocycles. The SMILES string of the molecule is CC(=CC(=O)OCCOc1ccccc1)CBr. The minimum absolute atomic E-state index is 0.250. The van der Waals surface area contributed by atoms with Gasteiger partial charge in [0.05, 0.1) is 0 Å². The van der Waals surface area contributed by atoms with E-state index in [0.717, 1.165) is 11.3 Å². The van der Waals surface area contributed by atoms with E-state index in [2.05, 4.69) is 15.9 Å². The summed E-state index contributed by atoms with van der Waals surface area (Å²) in [6, 6.07) is 9.42. The summed E-state index contributed by atoms with van der Waals surface area (Å²) in [5.74, 6) is 0.439. The van der Waals surface area contributed by atoms with Crippen LogP contribution in [-0.4, -0.2) is 24.5 Å². The molecule has 0 N–H and O–H groups in total. The first-order valence-corrected chi connectivity index (χ1v) is 6.42. The van der Waals surface area contributed by atoms with Crippen molar-refractivity contribution < 1.29 is 14.3 Å². The number of hydrogen-bond acceptors (Lipinski definition) is 3. The molecule has 0 spiro atoms. The average molecular weight is 299 g/mol. The summed E-state index contributed by atoms with van der Waals surface area (Å²) in [5.41, 5.74) is 0.930. The lowest BCUT2D eigenvalue weighted by Gasteiger charge is -2.05. The number of allylic oxidation sites excluding steroid dienone is 1. The minimum atomic E-state index is -0.335. The Morgan fingerprint density at radius 3 is 2.65 bits per heavy atom. The molecule has 3 nitrogen and oxygen atoms in total. The molecule has 1 rings (SSSR count). The molecule has 0 unspecified atom stereocenters. The fraction of sp³-hybridized carbons (Fsp3) is 0.308. The van der Waals surface area contributed by atoms with E-state index in [1.165, 1.54) is 6.08 Å². The van der Waals surface area contributed by atoms with Gasteiger partial charge in [-0.05, 0) is 19.1 Å². The molecular weight excluding hydrogens is 284 g/mol. The molecule has 0 aliphatic rings. The molecule has 0 amide bonds. The first-order valence-electron chi connectivity index (χ1n) is 5.30. The summed E-state index contributed by atoms with van der Waals surface area (Å²) in [6.07, 6.45) is 1.47. The number of carbonyl (C=O) groups excluding carboxylic acids is 1. The summed E-state index contributed by atoms with van der Waals surface area (Å²) in [5, 5.41) is 0.669. The van der Waals surface area contributed by atoms with Gasteiger partial charge in [0, 0.05) is 11.4 Å². The number of esters is 1. The fourth-order valence-corrected chi connectivity index (χ4v) is 1.26. The van der Waals surface area contributed by atoms with Gasteiger partial charge in [0.1, 0.15) is 19.0 Å². The number of hydrogen-bond donors (Lipinski definition) is 0. The maximum atomic E-state index is 11.2. The Balaban J connectivity index is 2.19. The van der Waals surface area contributed by atoms with Crippen molar-refractivity contribution in [3.8, 4) is 5.75 Å². The van der Waals surface area contributed by atoms with Gasteiger partial charge in [-0.2, -0.15) is 0 Å². The molecule has 0 atom stereocenters. The maximum absolute atomic E-state index is 11.2. The third-order valence-electron chi connectivity index (χ3n) is 1.91. The van der Waals surface area contributed by atoms with Crippen LogP contribution in [0.4, 0.5) is 0 Å². The minimum Gasteiger partial charge on any atom is -0.490 e. The molecule has 0 radical (unpaired) electrons. The van der Waals surface area contributed by atoms with E-state index < -0.39 is 0 Å². The van der Waals surface area contributed by atoms with Crippen molar-refractivity contribution in [3.05, 3.63) is 42.0 Å². The third kappa shape index (κ3) is 6.12. The predicted molar refractivity (Wildman–Crippen MR) is 70.4 cm³/mol. The summed E-state index contributed by atoms with van der Waals surface area (Å²) in [6.45, 7) is 2.47. The summed E-state index contributed by atoms with van der Waals surface area (Å²) in [4.78, 5) is 11.2. The van der Waals surface area contributed by atoms with E-state index in [0.29, 0.717) is 11.9 Å². The van der Waals surface area contributed by atoms with Gasteiger partial charge in [0.25, 0.3) is 0 Å². The second kappa shape index (κ2) is 7.90. The van der Waals surface area contributed by atoms with Crippen molar-refractivity contribution in [2.24, 2.45) is 0 Å². The molecule has 1 aromatic rings. The zero-order valence-electron chi connectivity index (χ0n) is 9.69. The Hall–Kier alpha value is -1.29. The van der Waals surface area contributed by atoms with Crippen molar-refractivity contribution in [3.63, 3.8) is 0 Å². The normalized spacial score (nSPS) is 11.1. The molecule has 1 aromatic carbocycles. The summed E-state index contributed by atoms with van der Waals surface area (Å²) >= 11 is 3.25. The van der Waals surface area contributed by atoms with E-state index >= 15 is 0 Å². The van der Waals surface area contributed by atoms with Crippen molar-refractivity contribution >= 4 is 21.9 Å². The van der Waals surface area contributed by atoms with Crippen LogP contribution in [0.1, 0.15) is 6.92 Å². The van der Waals surface area contributed by atoms with Crippen LogP contribution >= 0.6 is 15.9 Å². The van der Waals surface area contributed by atoms with Crippen LogP contribution in [0.25, 0.3) is 0 Å². The van der Waals surface area contributed by atoms with Crippen molar-refractivity contribution in [2.75, 3.05) is 18.5 Å². The quantitative estimate of drug-likeness (QED) is 0.351. The summed E-state index contributed by atoms with van der Waals surface area (Å²) in [7, 11) is 0. The van der Waals surface area contributed by atoms with Gasteiger partial charge >= 0.3 is 5.97 Å². The highest BCUT2D eigenvalue weighted by Crippen LogP contribution is 2.07. The highest BCUT2D eigenvalue weighted by molar-refractivity contribution is 9.09. The molecule has 92 valence electrons. The number of para-hydroxylation sites is 1. The zero-order chi connectivity index (χ0) is 12.5. The Morgan fingerprint density at radius 1 is 1.29 bits per heavy atom. The second-order valence-corrected chi connectivity index (χ2v) is 4.01. The van der Waals surface area contributed by atoms with Gasteiger partial charge in [-0.3, -0.25) is 0 Å². The van der Waals surface area contributed by atoms with Gasteiger partial charge in [-0.25, -0.2) is 4.79 Å². The number of benzene rings is 1. The fourth-order valence-electron chi connectivity index (χ4n) is 1.10. The van der Waals surface area contributed by atoms with Crippen LogP contribution in [0, 0.1) is 0 Å². The smallest absolute Gasteiger partial charge is 0.330 e. The monoisotopic (exact) mass is 298 g/mol. The highest BCUT2D eigenvalue weighted by Gasteiger charge is 1.99. The van der Waals surface area contributed by atoms with Crippen molar-refractivity contribution in [1.82, 2.24) is 0 Å². The Morgan fingerprint density at radius 2 is 2.00 bits per heavy atom. The van der Waals surface area contributed by atoms with Crippen LogP contribution in [-0.2, 0) is 9.53 Å². The topological polar surface area (TPSA) is 35.5 Å². The number of carbonyl (C=O) groups is 1.